The number of sulfonamides is 1. The van der Waals surface area contributed by atoms with Gasteiger partial charge in [-0.2, -0.15) is 4.31 Å². The molecule has 0 spiro atoms. The fourth-order valence-electron chi connectivity index (χ4n) is 7.06. The summed E-state index contributed by atoms with van der Waals surface area (Å²) in [4.78, 5) is 12.8. The molecule has 5 fully saturated rings. The second-order valence-electron chi connectivity index (χ2n) is 10.5. The Morgan fingerprint density at radius 3 is 2.29 bits per heavy atom. The minimum atomic E-state index is -3.47. The molecule has 5 aliphatic rings. The van der Waals surface area contributed by atoms with Gasteiger partial charge in [0.2, 0.25) is 15.9 Å². The van der Waals surface area contributed by atoms with Crippen LogP contribution in [0, 0.1) is 23.2 Å². The number of nitrogens with one attached hydrogen (secondary N) is 2. The highest BCUT2D eigenvalue weighted by Gasteiger charge is 2.50. The van der Waals surface area contributed by atoms with Crippen LogP contribution in [0.25, 0.3) is 0 Å². The van der Waals surface area contributed by atoms with Gasteiger partial charge in [-0.25, -0.2) is 8.42 Å². The van der Waals surface area contributed by atoms with Crippen molar-refractivity contribution in [1.29, 1.82) is 0 Å². The molecule has 4 aliphatic carbocycles. The van der Waals surface area contributed by atoms with E-state index in [2.05, 4.69) is 10.6 Å². The number of amides is 1. The Hall–Kier alpha value is -1.60. The zero-order chi connectivity index (χ0) is 21.5. The summed E-state index contributed by atoms with van der Waals surface area (Å²) in [6.45, 7) is 2.14. The molecule has 2 N–H and O–H groups in total. The minimum Gasteiger partial charge on any atom is -0.376 e. The third-order valence-electron chi connectivity index (χ3n) is 8.07. The summed E-state index contributed by atoms with van der Waals surface area (Å²) in [6, 6.07) is 6.85. The fraction of sp³-hybridized carbons (Fsp3) is 0.708. The van der Waals surface area contributed by atoms with Gasteiger partial charge >= 0.3 is 0 Å². The van der Waals surface area contributed by atoms with Crippen LogP contribution in [-0.2, 0) is 14.8 Å². The number of carbonyl (C=O) groups excluding carboxylic acids is 1. The van der Waals surface area contributed by atoms with E-state index in [9.17, 15) is 13.2 Å². The highest BCUT2D eigenvalue weighted by atomic mass is 32.2. The standard InChI is InChI=1S/C24H35N3O3S/c28-23(26-17-24-13-18-9-19(14-24)11-20(10-18)15-24)16-25-21-5-4-6-22(12-21)31(29,30)27-7-2-1-3-8-27/h4-6,12,18-20,25H,1-3,7-11,13-17H2,(H,26,28). The van der Waals surface area contributed by atoms with Gasteiger partial charge in [-0.1, -0.05) is 12.5 Å². The van der Waals surface area contributed by atoms with Gasteiger partial charge in [0, 0.05) is 25.3 Å². The highest BCUT2D eigenvalue weighted by molar-refractivity contribution is 7.89. The van der Waals surface area contributed by atoms with Gasteiger partial charge in [-0.05, 0) is 92.7 Å². The summed E-state index contributed by atoms with van der Waals surface area (Å²) < 4.78 is 27.4. The fourth-order valence-corrected chi connectivity index (χ4v) is 8.62. The maximum atomic E-state index is 12.9. The van der Waals surface area contributed by atoms with Crippen molar-refractivity contribution in [3.05, 3.63) is 24.3 Å². The number of benzene rings is 1. The van der Waals surface area contributed by atoms with Crippen LogP contribution in [0.2, 0.25) is 0 Å². The molecular formula is C24H35N3O3S. The van der Waals surface area contributed by atoms with Gasteiger partial charge in [0.05, 0.1) is 11.4 Å². The van der Waals surface area contributed by atoms with Gasteiger partial charge in [0.1, 0.15) is 0 Å². The van der Waals surface area contributed by atoms with Crippen LogP contribution in [0.3, 0.4) is 0 Å². The summed E-state index contributed by atoms with van der Waals surface area (Å²) in [7, 11) is -3.47. The molecule has 1 saturated heterocycles. The first-order chi connectivity index (χ1) is 14.9. The van der Waals surface area contributed by atoms with Crippen molar-refractivity contribution in [2.24, 2.45) is 23.2 Å². The summed E-state index contributed by atoms with van der Waals surface area (Å²) in [5, 5.41) is 6.30. The first-order valence-electron chi connectivity index (χ1n) is 12.0. The molecule has 0 aromatic heterocycles. The SMILES string of the molecule is O=C(CNc1cccc(S(=O)(=O)N2CCCCC2)c1)NCC12CC3CC(CC(C3)C1)C2. The maximum absolute atomic E-state index is 12.9. The Morgan fingerprint density at radius 1 is 1.00 bits per heavy atom. The van der Waals surface area contributed by atoms with Crippen LogP contribution in [0.15, 0.2) is 29.2 Å². The summed E-state index contributed by atoms with van der Waals surface area (Å²) in [6.07, 6.45) is 11.0. The van der Waals surface area contributed by atoms with E-state index in [1.807, 2.05) is 6.07 Å². The molecule has 1 amide bonds. The lowest BCUT2D eigenvalue weighted by Gasteiger charge is -2.56. The monoisotopic (exact) mass is 445 g/mol. The van der Waals surface area contributed by atoms with Gasteiger partial charge in [-0.15, -0.1) is 0 Å². The van der Waals surface area contributed by atoms with Crippen LogP contribution < -0.4 is 10.6 Å². The van der Waals surface area contributed by atoms with Crippen molar-refractivity contribution in [2.45, 2.75) is 62.7 Å². The van der Waals surface area contributed by atoms with Crippen molar-refractivity contribution < 1.29 is 13.2 Å². The van der Waals surface area contributed by atoms with E-state index in [1.54, 1.807) is 22.5 Å². The molecule has 1 aromatic rings. The first-order valence-corrected chi connectivity index (χ1v) is 13.5. The largest absolute Gasteiger partial charge is 0.376 e. The number of nitrogens with zero attached hydrogens (tertiary/aromatic N) is 1. The lowest BCUT2D eigenvalue weighted by atomic mass is 9.49. The van der Waals surface area contributed by atoms with Gasteiger partial charge in [0.25, 0.3) is 0 Å². The molecule has 4 saturated carbocycles. The Labute approximate surface area is 186 Å². The van der Waals surface area contributed by atoms with Crippen LogP contribution in [0.4, 0.5) is 5.69 Å². The molecule has 0 atom stereocenters. The summed E-state index contributed by atoms with van der Waals surface area (Å²) in [5.74, 6) is 2.63. The second-order valence-corrected chi connectivity index (χ2v) is 12.5. The van der Waals surface area contributed by atoms with Crippen molar-refractivity contribution in [2.75, 3.05) is 31.5 Å². The Morgan fingerprint density at radius 2 is 1.65 bits per heavy atom. The lowest BCUT2D eigenvalue weighted by Crippen LogP contribution is -2.51. The van der Waals surface area contributed by atoms with Crippen LogP contribution >= 0.6 is 0 Å². The lowest BCUT2D eigenvalue weighted by molar-refractivity contribution is -0.121. The smallest absolute Gasteiger partial charge is 0.243 e. The average Bonchev–Trinajstić information content (AvgIpc) is 2.76. The Kier molecular flexibility index (Phi) is 5.76. The predicted octanol–water partition coefficient (Wildman–Crippen LogP) is 3.61. The van der Waals surface area contributed by atoms with Crippen molar-refractivity contribution in [3.8, 4) is 0 Å². The zero-order valence-corrected chi connectivity index (χ0v) is 19.1. The van der Waals surface area contributed by atoms with Crippen molar-refractivity contribution in [3.63, 3.8) is 0 Å². The number of anilines is 1. The Bertz CT molecular complexity index is 888. The summed E-state index contributed by atoms with van der Waals surface area (Å²) >= 11 is 0. The van der Waals surface area contributed by atoms with Crippen LogP contribution in [0.5, 0.6) is 0 Å². The first kappa shape index (κ1) is 21.3. The van der Waals surface area contributed by atoms with Gasteiger partial charge in [-0.3, -0.25) is 4.79 Å². The number of piperidine rings is 1. The quantitative estimate of drug-likeness (QED) is 0.672. The van der Waals surface area contributed by atoms with Crippen molar-refractivity contribution in [1.82, 2.24) is 9.62 Å². The molecule has 4 bridgehead atoms. The van der Waals surface area contributed by atoms with E-state index in [1.165, 1.54) is 38.5 Å². The molecule has 6 nitrogen and oxygen atoms in total. The van der Waals surface area contributed by atoms with E-state index < -0.39 is 10.0 Å². The summed E-state index contributed by atoms with van der Waals surface area (Å²) in [5.41, 5.74) is 0.996. The molecule has 6 rings (SSSR count). The van der Waals surface area contributed by atoms with Crippen LogP contribution in [0.1, 0.15) is 57.8 Å². The number of hydrogen-bond donors (Lipinski definition) is 2. The van der Waals surface area contributed by atoms with E-state index >= 15 is 0 Å². The number of carbonyl (C=O) groups is 1. The highest BCUT2D eigenvalue weighted by Crippen LogP contribution is 2.59. The molecule has 0 unspecified atom stereocenters. The van der Waals surface area contributed by atoms with E-state index in [0.29, 0.717) is 29.1 Å². The minimum absolute atomic E-state index is 0.0139. The van der Waals surface area contributed by atoms with Gasteiger partial charge in [0.15, 0.2) is 0 Å². The topological polar surface area (TPSA) is 78.5 Å². The predicted molar refractivity (Wildman–Crippen MR) is 121 cm³/mol. The second kappa shape index (κ2) is 8.39. The van der Waals surface area contributed by atoms with Crippen molar-refractivity contribution >= 4 is 21.6 Å². The number of hydrogen-bond acceptors (Lipinski definition) is 4. The molecule has 1 heterocycles. The third kappa shape index (κ3) is 4.49. The molecule has 7 heteroatoms. The molecule has 170 valence electrons. The molecule has 1 aromatic carbocycles. The van der Waals surface area contributed by atoms with Crippen LogP contribution in [-0.4, -0.2) is 44.8 Å². The van der Waals surface area contributed by atoms with E-state index in [0.717, 1.165) is 43.6 Å². The average molecular weight is 446 g/mol. The van der Waals surface area contributed by atoms with E-state index in [-0.39, 0.29) is 12.5 Å². The molecule has 0 radical (unpaired) electrons. The maximum Gasteiger partial charge on any atom is 0.243 e. The molecular weight excluding hydrogens is 410 g/mol. The Balaban J connectivity index is 1.15. The third-order valence-corrected chi connectivity index (χ3v) is 9.96. The number of rotatable bonds is 7. The normalized spacial score (nSPS) is 32.7. The van der Waals surface area contributed by atoms with Gasteiger partial charge < -0.3 is 10.6 Å². The van der Waals surface area contributed by atoms with E-state index in [4.69, 9.17) is 0 Å². The zero-order valence-electron chi connectivity index (χ0n) is 18.3. The molecule has 31 heavy (non-hydrogen) atoms. The molecule has 1 aliphatic heterocycles.